The molecule has 0 radical (unpaired) electrons. The number of halogens is 1. The van der Waals surface area contributed by atoms with Gasteiger partial charge in [-0.15, -0.1) is 24.0 Å². The zero-order valence-electron chi connectivity index (χ0n) is 17.9. The van der Waals surface area contributed by atoms with E-state index in [1.54, 1.807) is 13.3 Å². The zero-order valence-corrected chi connectivity index (χ0v) is 20.2. The van der Waals surface area contributed by atoms with Gasteiger partial charge in [-0.05, 0) is 43.7 Å². The number of ether oxygens (including phenoxy) is 1. The molecule has 0 saturated heterocycles. The van der Waals surface area contributed by atoms with E-state index in [1.165, 1.54) is 25.7 Å². The molecule has 1 saturated carbocycles. The van der Waals surface area contributed by atoms with Crippen LogP contribution in [0.2, 0.25) is 0 Å². The molecule has 2 aromatic rings. The van der Waals surface area contributed by atoms with Crippen LogP contribution in [0.4, 0.5) is 0 Å². The third-order valence-corrected chi connectivity index (χ3v) is 5.41. The molecular weight excluding hydrogens is 495 g/mol. The third kappa shape index (κ3) is 7.19. The van der Waals surface area contributed by atoms with Crippen molar-refractivity contribution in [1.82, 2.24) is 25.8 Å². The number of aliphatic imine (C=N–C) groups is 1. The van der Waals surface area contributed by atoms with Crippen molar-refractivity contribution in [3.8, 4) is 11.6 Å². The second kappa shape index (κ2) is 12.8. The molecule has 1 fully saturated rings. The molecule has 0 amide bonds. The maximum atomic E-state index is 5.32. The Morgan fingerprint density at radius 3 is 2.80 bits per heavy atom. The van der Waals surface area contributed by atoms with Crippen molar-refractivity contribution in [3.63, 3.8) is 0 Å². The van der Waals surface area contributed by atoms with Crippen molar-refractivity contribution in [2.24, 2.45) is 10.4 Å². The Kier molecular flexibility index (Phi) is 10.5. The molecule has 166 valence electrons. The fraction of sp³-hybridized carbons (Fsp3) is 0.619. The van der Waals surface area contributed by atoms with Crippen LogP contribution in [0.3, 0.4) is 0 Å². The normalized spacial score (nSPS) is 15.6. The van der Waals surface area contributed by atoms with Crippen LogP contribution in [0.15, 0.2) is 33.9 Å². The highest BCUT2D eigenvalue weighted by Gasteiger charge is 2.33. The third-order valence-electron chi connectivity index (χ3n) is 5.41. The van der Waals surface area contributed by atoms with Gasteiger partial charge in [-0.25, -0.2) is 0 Å². The van der Waals surface area contributed by atoms with Crippen LogP contribution < -0.4 is 10.6 Å². The van der Waals surface area contributed by atoms with E-state index in [0.717, 1.165) is 32.1 Å². The number of nitrogens with zero attached hydrogens (tertiary/aromatic N) is 4. The maximum absolute atomic E-state index is 5.32. The molecule has 8 nitrogen and oxygen atoms in total. The lowest BCUT2D eigenvalue weighted by atomic mass is 9.83. The summed E-state index contributed by atoms with van der Waals surface area (Å²) in [5, 5.41) is 10.8. The predicted molar refractivity (Wildman–Crippen MR) is 128 cm³/mol. The predicted octanol–water partition coefficient (Wildman–Crippen LogP) is 3.44. The molecule has 1 aliphatic carbocycles. The van der Waals surface area contributed by atoms with E-state index in [2.05, 4.69) is 32.7 Å². The summed E-state index contributed by atoms with van der Waals surface area (Å²) >= 11 is 0. The molecular formula is C21H33IN6O2. The van der Waals surface area contributed by atoms with Crippen LogP contribution in [0, 0.1) is 5.41 Å². The van der Waals surface area contributed by atoms with Crippen molar-refractivity contribution in [2.45, 2.75) is 45.4 Å². The fourth-order valence-corrected chi connectivity index (χ4v) is 3.76. The molecule has 3 rings (SSSR count). The Morgan fingerprint density at radius 1 is 1.27 bits per heavy atom. The van der Waals surface area contributed by atoms with Gasteiger partial charge in [-0.2, -0.15) is 4.98 Å². The molecule has 2 heterocycles. The second-order valence-electron chi connectivity index (χ2n) is 7.55. The minimum atomic E-state index is 0. The first-order chi connectivity index (χ1) is 14.2. The number of hydrogen-bond donors (Lipinski definition) is 2. The Bertz CT molecular complexity index is 762. The summed E-state index contributed by atoms with van der Waals surface area (Å²) in [6.07, 6.45) is 8.49. The van der Waals surface area contributed by atoms with Crippen molar-refractivity contribution < 1.29 is 9.26 Å². The number of guanidine groups is 1. The average molecular weight is 528 g/mol. The van der Waals surface area contributed by atoms with Crippen LogP contribution in [0.1, 0.15) is 44.9 Å². The summed E-state index contributed by atoms with van der Waals surface area (Å²) in [6.45, 7) is 5.21. The average Bonchev–Trinajstić information content (AvgIpc) is 3.42. The summed E-state index contributed by atoms with van der Waals surface area (Å²) < 4.78 is 10.6. The van der Waals surface area contributed by atoms with Crippen LogP contribution in [-0.2, 0) is 11.2 Å². The maximum Gasteiger partial charge on any atom is 0.276 e. The lowest BCUT2D eigenvalue weighted by Gasteiger charge is -2.27. The lowest BCUT2D eigenvalue weighted by molar-refractivity contribution is 0.141. The molecule has 0 unspecified atom stereocenters. The summed E-state index contributed by atoms with van der Waals surface area (Å²) in [5.41, 5.74) is 0.968. The van der Waals surface area contributed by atoms with Gasteiger partial charge in [0.2, 0.25) is 0 Å². The van der Waals surface area contributed by atoms with Gasteiger partial charge in [0.15, 0.2) is 11.8 Å². The topological polar surface area (TPSA) is 97.5 Å². The highest BCUT2D eigenvalue weighted by atomic mass is 127. The van der Waals surface area contributed by atoms with E-state index in [0.29, 0.717) is 30.4 Å². The number of pyridine rings is 1. The van der Waals surface area contributed by atoms with Gasteiger partial charge in [-0.3, -0.25) is 9.98 Å². The second-order valence-corrected chi connectivity index (χ2v) is 7.55. The number of aromatic nitrogens is 3. The van der Waals surface area contributed by atoms with E-state index in [-0.39, 0.29) is 29.4 Å². The van der Waals surface area contributed by atoms with Gasteiger partial charge < -0.3 is 19.9 Å². The Balaban J connectivity index is 0.00000320. The first kappa shape index (κ1) is 24.5. The van der Waals surface area contributed by atoms with Gasteiger partial charge in [0.1, 0.15) is 5.69 Å². The smallest absolute Gasteiger partial charge is 0.276 e. The summed E-state index contributed by atoms with van der Waals surface area (Å²) in [5.74, 6) is 1.94. The first-order valence-corrected chi connectivity index (χ1v) is 10.5. The Hall–Kier alpha value is -1.75. The van der Waals surface area contributed by atoms with E-state index < -0.39 is 0 Å². The number of rotatable bonds is 10. The van der Waals surface area contributed by atoms with Crippen molar-refractivity contribution in [3.05, 3.63) is 30.2 Å². The van der Waals surface area contributed by atoms with Crippen molar-refractivity contribution >= 4 is 29.9 Å². The van der Waals surface area contributed by atoms with Gasteiger partial charge in [-0.1, -0.05) is 24.1 Å². The van der Waals surface area contributed by atoms with Gasteiger partial charge in [0.05, 0.1) is 0 Å². The fourth-order valence-electron chi connectivity index (χ4n) is 3.76. The molecule has 0 atom stereocenters. The molecule has 0 bridgehead atoms. The number of hydrogen-bond acceptors (Lipinski definition) is 6. The van der Waals surface area contributed by atoms with E-state index in [4.69, 9.17) is 14.3 Å². The molecule has 30 heavy (non-hydrogen) atoms. The molecule has 0 aromatic carbocycles. The van der Waals surface area contributed by atoms with Crippen molar-refractivity contribution in [2.75, 3.05) is 33.4 Å². The molecule has 2 aromatic heterocycles. The number of nitrogens with one attached hydrogen (secondary N) is 2. The van der Waals surface area contributed by atoms with Crippen LogP contribution >= 0.6 is 24.0 Å². The highest BCUT2D eigenvalue weighted by molar-refractivity contribution is 14.0. The molecule has 1 aliphatic rings. The Labute approximate surface area is 195 Å². The monoisotopic (exact) mass is 528 g/mol. The lowest BCUT2D eigenvalue weighted by Crippen LogP contribution is -2.39. The summed E-state index contributed by atoms with van der Waals surface area (Å²) in [4.78, 5) is 13.5. The minimum absolute atomic E-state index is 0. The first-order valence-electron chi connectivity index (χ1n) is 10.5. The van der Waals surface area contributed by atoms with E-state index in [1.807, 2.05) is 18.2 Å². The quantitative estimate of drug-likeness (QED) is 0.277. The van der Waals surface area contributed by atoms with Gasteiger partial charge >= 0.3 is 0 Å². The zero-order chi connectivity index (χ0) is 20.4. The standard InChI is InChI=1S/C21H32N6O2.HI/c1-3-22-20(25-16-21(12-15-28-2)10-5-6-11-21)24-14-9-18-26-19(29-27-18)17-8-4-7-13-23-17;/h4,7-8,13H,3,5-6,9-12,14-16H2,1-2H3,(H2,22,24,25);1H. The molecule has 9 heteroatoms. The summed E-state index contributed by atoms with van der Waals surface area (Å²) in [7, 11) is 1.77. The van der Waals surface area contributed by atoms with Crippen LogP contribution in [0.25, 0.3) is 11.6 Å². The van der Waals surface area contributed by atoms with Gasteiger partial charge in [0.25, 0.3) is 5.89 Å². The Morgan fingerprint density at radius 2 is 2.10 bits per heavy atom. The molecule has 2 N–H and O–H groups in total. The molecule has 0 spiro atoms. The van der Waals surface area contributed by atoms with Crippen LogP contribution in [-0.4, -0.2) is 54.4 Å². The largest absolute Gasteiger partial charge is 0.385 e. The van der Waals surface area contributed by atoms with Gasteiger partial charge in [0, 0.05) is 46.0 Å². The SMILES string of the molecule is CCNC(=NCC1(CCOC)CCCC1)NCCc1noc(-c2ccccn2)n1.I. The molecule has 0 aliphatic heterocycles. The highest BCUT2D eigenvalue weighted by Crippen LogP contribution is 2.41. The number of methoxy groups -OCH3 is 1. The van der Waals surface area contributed by atoms with Crippen molar-refractivity contribution in [1.29, 1.82) is 0 Å². The summed E-state index contributed by atoms with van der Waals surface area (Å²) in [6, 6.07) is 5.61. The van der Waals surface area contributed by atoms with E-state index in [9.17, 15) is 0 Å². The van der Waals surface area contributed by atoms with E-state index >= 15 is 0 Å². The minimum Gasteiger partial charge on any atom is -0.385 e. The van der Waals surface area contributed by atoms with Crippen LogP contribution in [0.5, 0.6) is 0 Å².